The Morgan fingerprint density at radius 3 is 2.76 bits per heavy atom. The van der Waals surface area contributed by atoms with Crippen LogP contribution in [-0.2, 0) is 4.79 Å². The van der Waals surface area contributed by atoms with E-state index in [1.807, 2.05) is 42.5 Å². The summed E-state index contributed by atoms with van der Waals surface area (Å²) in [6, 6.07) is 9.00. The standard InChI is InChI=1S/C27H29F2N7O2/c1-5-24(37)34-11-9-20(12-16(34)2)36-17(3)25(32-33-36)19-13-22-26(35(15-31-22)27(28)29)23(14-19)38-18(4)21-8-6-7-10-30-21/h5-8,10,13-16,18,20,27H,1,9,11-12H2,2-4H3/t16-,18+,20-/m0/s1. The van der Waals surface area contributed by atoms with Crippen LogP contribution in [0.1, 0.15) is 56.8 Å². The summed E-state index contributed by atoms with van der Waals surface area (Å²) in [5.41, 5.74) is 3.35. The van der Waals surface area contributed by atoms with Crippen LogP contribution in [0.2, 0.25) is 0 Å². The second-order valence-electron chi connectivity index (χ2n) is 9.52. The van der Waals surface area contributed by atoms with Gasteiger partial charge in [0.2, 0.25) is 5.91 Å². The number of rotatable bonds is 7. The molecule has 198 valence electrons. The highest BCUT2D eigenvalue weighted by molar-refractivity contribution is 5.88. The van der Waals surface area contributed by atoms with Crippen LogP contribution < -0.4 is 4.74 Å². The van der Waals surface area contributed by atoms with E-state index < -0.39 is 12.7 Å². The molecule has 0 unspecified atom stereocenters. The third-order valence-corrected chi connectivity index (χ3v) is 7.11. The highest BCUT2D eigenvalue weighted by Crippen LogP contribution is 2.37. The van der Waals surface area contributed by atoms with Crippen molar-refractivity contribution in [2.75, 3.05) is 6.54 Å². The summed E-state index contributed by atoms with van der Waals surface area (Å²) in [5.74, 6) is 0.184. The minimum atomic E-state index is -2.78. The molecule has 38 heavy (non-hydrogen) atoms. The molecule has 1 aliphatic rings. The lowest BCUT2D eigenvalue weighted by Gasteiger charge is -2.37. The second-order valence-corrected chi connectivity index (χ2v) is 9.52. The molecule has 11 heteroatoms. The monoisotopic (exact) mass is 521 g/mol. The highest BCUT2D eigenvalue weighted by Gasteiger charge is 2.31. The van der Waals surface area contributed by atoms with Crippen molar-refractivity contribution in [2.45, 2.75) is 58.3 Å². The van der Waals surface area contributed by atoms with Crippen molar-refractivity contribution in [1.82, 2.24) is 34.4 Å². The number of aromatic nitrogens is 6. The van der Waals surface area contributed by atoms with Crippen LogP contribution in [0.5, 0.6) is 5.75 Å². The molecule has 0 bridgehead atoms. The number of likely N-dealkylation sites (tertiary alicyclic amines) is 1. The zero-order valence-corrected chi connectivity index (χ0v) is 21.5. The topological polar surface area (TPSA) is 91.0 Å². The first kappa shape index (κ1) is 25.5. The number of carbonyl (C=O) groups is 1. The number of nitrogens with zero attached hydrogens (tertiary/aromatic N) is 7. The summed E-state index contributed by atoms with van der Waals surface area (Å²) >= 11 is 0. The van der Waals surface area contributed by atoms with Gasteiger partial charge in [-0.05, 0) is 64.0 Å². The maximum atomic E-state index is 13.8. The van der Waals surface area contributed by atoms with Gasteiger partial charge in [0.05, 0.1) is 22.9 Å². The Labute approximate surface area is 218 Å². The van der Waals surface area contributed by atoms with Gasteiger partial charge < -0.3 is 9.64 Å². The summed E-state index contributed by atoms with van der Waals surface area (Å²) in [6.45, 7) is 7.18. The molecule has 1 saturated heterocycles. The van der Waals surface area contributed by atoms with Gasteiger partial charge in [0.25, 0.3) is 0 Å². The van der Waals surface area contributed by atoms with Crippen molar-refractivity contribution in [2.24, 2.45) is 0 Å². The van der Waals surface area contributed by atoms with Crippen LogP contribution in [-0.4, -0.2) is 52.9 Å². The molecule has 4 aromatic rings. The first-order valence-corrected chi connectivity index (χ1v) is 12.5. The SMILES string of the molecule is C=CC(=O)N1CC[C@H](n2nnc(-c3cc(O[C@H](C)c4ccccn4)c4c(c3)ncn4C(F)F)c2C)C[C@@H]1C. The van der Waals surface area contributed by atoms with Gasteiger partial charge in [0.15, 0.2) is 0 Å². The van der Waals surface area contributed by atoms with Crippen LogP contribution in [0.15, 0.2) is 55.5 Å². The van der Waals surface area contributed by atoms with Gasteiger partial charge in [-0.25, -0.2) is 9.67 Å². The number of piperidine rings is 1. The fourth-order valence-corrected chi connectivity index (χ4v) is 5.14. The average Bonchev–Trinajstić information content (AvgIpc) is 3.52. The molecule has 3 atom stereocenters. The van der Waals surface area contributed by atoms with Gasteiger partial charge in [0.1, 0.15) is 29.4 Å². The quantitative estimate of drug-likeness (QED) is 0.308. The van der Waals surface area contributed by atoms with Crippen molar-refractivity contribution >= 4 is 16.9 Å². The van der Waals surface area contributed by atoms with E-state index in [1.165, 1.54) is 6.08 Å². The van der Waals surface area contributed by atoms with E-state index in [-0.39, 0.29) is 29.3 Å². The summed E-state index contributed by atoms with van der Waals surface area (Å²) in [7, 11) is 0. The molecular formula is C27H29F2N7O2. The molecule has 1 aliphatic heterocycles. The minimum Gasteiger partial charge on any atom is -0.482 e. The largest absolute Gasteiger partial charge is 0.482 e. The van der Waals surface area contributed by atoms with Gasteiger partial charge in [-0.3, -0.25) is 14.3 Å². The van der Waals surface area contributed by atoms with Crippen molar-refractivity contribution in [3.63, 3.8) is 0 Å². The number of hydrogen-bond acceptors (Lipinski definition) is 6. The van der Waals surface area contributed by atoms with Gasteiger partial charge in [-0.15, -0.1) is 5.10 Å². The number of imidazole rings is 1. The van der Waals surface area contributed by atoms with Gasteiger partial charge in [-0.1, -0.05) is 17.9 Å². The van der Waals surface area contributed by atoms with Crippen LogP contribution in [0.3, 0.4) is 0 Å². The predicted octanol–water partition coefficient (Wildman–Crippen LogP) is 5.27. The Balaban J connectivity index is 1.50. The summed E-state index contributed by atoms with van der Waals surface area (Å²) < 4.78 is 36.5. The van der Waals surface area contributed by atoms with E-state index >= 15 is 0 Å². The number of pyridine rings is 1. The maximum Gasteiger partial charge on any atom is 0.320 e. The zero-order chi connectivity index (χ0) is 27.0. The third kappa shape index (κ3) is 4.64. The van der Waals surface area contributed by atoms with Crippen molar-refractivity contribution in [3.8, 4) is 17.0 Å². The van der Waals surface area contributed by atoms with E-state index in [4.69, 9.17) is 4.74 Å². The number of alkyl halides is 2. The number of amides is 1. The first-order chi connectivity index (χ1) is 18.3. The molecule has 0 spiro atoms. The minimum absolute atomic E-state index is 0.0362. The maximum absolute atomic E-state index is 13.8. The molecule has 1 aromatic carbocycles. The van der Waals surface area contributed by atoms with Crippen LogP contribution in [0, 0.1) is 6.92 Å². The van der Waals surface area contributed by atoms with Crippen LogP contribution in [0.4, 0.5) is 8.78 Å². The number of carbonyl (C=O) groups excluding carboxylic acids is 1. The summed E-state index contributed by atoms with van der Waals surface area (Å²) in [4.78, 5) is 22.5. The predicted molar refractivity (Wildman–Crippen MR) is 138 cm³/mol. The average molecular weight is 522 g/mol. The van der Waals surface area contributed by atoms with Gasteiger partial charge in [-0.2, -0.15) is 8.78 Å². The van der Waals surface area contributed by atoms with E-state index in [1.54, 1.807) is 24.4 Å². The van der Waals surface area contributed by atoms with E-state index in [0.29, 0.717) is 29.0 Å². The van der Waals surface area contributed by atoms with Crippen molar-refractivity contribution < 1.29 is 18.3 Å². The van der Waals surface area contributed by atoms with E-state index in [9.17, 15) is 13.6 Å². The summed E-state index contributed by atoms with van der Waals surface area (Å²) in [6.07, 6.45) is 5.09. The number of hydrogen-bond donors (Lipinski definition) is 0. The molecule has 0 radical (unpaired) electrons. The lowest BCUT2D eigenvalue weighted by atomic mass is 9.97. The first-order valence-electron chi connectivity index (χ1n) is 12.5. The Hall–Kier alpha value is -4.15. The van der Waals surface area contributed by atoms with E-state index in [2.05, 4.69) is 26.9 Å². The second kappa shape index (κ2) is 10.3. The molecule has 0 aliphatic carbocycles. The zero-order valence-electron chi connectivity index (χ0n) is 21.5. The molecule has 0 N–H and O–H groups in total. The molecule has 4 heterocycles. The number of fused-ring (bicyclic) bond motifs is 1. The Morgan fingerprint density at radius 1 is 1.26 bits per heavy atom. The fourth-order valence-electron chi connectivity index (χ4n) is 5.14. The van der Waals surface area contributed by atoms with Gasteiger partial charge in [0, 0.05) is 24.3 Å². The lowest BCUT2D eigenvalue weighted by Crippen LogP contribution is -2.44. The fraction of sp³-hybridized carbons (Fsp3) is 0.370. The molecule has 1 amide bonds. The Bertz CT molecular complexity index is 1470. The molecule has 9 nitrogen and oxygen atoms in total. The smallest absolute Gasteiger partial charge is 0.320 e. The van der Waals surface area contributed by atoms with Crippen LogP contribution >= 0.6 is 0 Å². The Morgan fingerprint density at radius 2 is 2.08 bits per heavy atom. The number of halogens is 2. The highest BCUT2D eigenvalue weighted by atomic mass is 19.3. The Kier molecular flexibility index (Phi) is 6.92. The normalized spacial score (nSPS) is 18.6. The van der Waals surface area contributed by atoms with Crippen molar-refractivity contribution in [1.29, 1.82) is 0 Å². The molecule has 1 fully saturated rings. The van der Waals surface area contributed by atoms with Gasteiger partial charge >= 0.3 is 6.55 Å². The third-order valence-electron chi connectivity index (χ3n) is 7.11. The summed E-state index contributed by atoms with van der Waals surface area (Å²) in [5, 5.41) is 8.89. The molecule has 0 saturated carbocycles. The molecular weight excluding hydrogens is 492 g/mol. The number of ether oxygens (including phenoxy) is 1. The molecule has 5 rings (SSSR count). The number of benzene rings is 1. The molecule has 3 aromatic heterocycles. The van der Waals surface area contributed by atoms with E-state index in [0.717, 1.165) is 29.4 Å². The van der Waals surface area contributed by atoms with Crippen molar-refractivity contribution in [3.05, 3.63) is 66.9 Å². The van der Waals surface area contributed by atoms with Crippen LogP contribution in [0.25, 0.3) is 22.3 Å². The lowest BCUT2D eigenvalue weighted by molar-refractivity contribution is -0.129.